The summed E-state index contributed by atoms with van der Waals surface area (Å²) in [5.74, 6) is -0.354. The molecule has 0 spiro atoms. The molecular weight excluding hydrogens is 572 g/mol. The number of halogens is 4. The predicted octanol–water partition coefficient (Wildman–Crippen LogP) is 6.13. The maximum absolute atomic E-state index is 15.4. The standard InChI is InChI=1S/C32H32F4O7/c1-31(2,39)27(37)16-41-19-6-4-17(5-7-19)29-22-10-11-25(30(22)24(33)14-23(29)32(34,35)36)43-20-8-9-21-18(12-28(38)40-3)15-42-26(21)13-20/h4-9,13-14,18,25,27,37,39H,10-12,15-16H2,1-3H3/t18?,25-,27+/m0/s1. The number of methoxy groups -OCH3 is 1. The van der Waals surface area contributed by atoms with Crippen molar-refractivity contribution in [3.8, 4) is 28.4 Å². The summed E-state index contributed by atoms with van der Waals surface area (Å²) in [4.78, 5) is 11.7. The first-order valence-corrected chi connectivity index (χ1v) is 13.8. The van der Waals surface area contributed by atoms with Crippen molar-refractivity contribution < 1.29 is 51.5 Å². The zero-order valence-corrected chi connectivity index (χ0v) is 23.8. The molecule has 2 N–H and O–H groups in total. The monoisotopic (exact) mass is 604 g/mol. The summed E-state index contributed by atoms with van der Waals surface area (Å²) in [7, 11) is 1.31. The molecule has 43 heavy (non-hydrogen) atoms. The Kier molecular flexibility index (Phi) is 8.32. The molecule has 0 saturated carbocycles. The van der Waals surface area contributed by atoms with Crippen molar-refractivity contribution in [2.75, 3.05) is 20.3 Å². The van der Waals surface area contributed by atoms with E-state index in [0.717, 1.165) is 5.56 Å². The van der Waals surface area contributed by atoms with Crippen molar-refractivity contribution in [2.24, 2.45) is 0 Å². The average molecular weight is 605 g/mol. The lowest BCUT2D eigenvalue weighted by Crippen LogP contribution is -2.40. The van der Waals surface area contributed by atoms with Gasteiger partial charge >= 0.3 is 12.1 Å². The van der Waals surface area contributed by atoms with E-state index >= 15 is 4.39 Å². The molecule has 0 amide bonds. The van der Waals surface area contributed by atoms with Gasteiger partial charge in [-0.3, -0.25) is 4.79 Å². The maximum Gasteiger partial charge on any atom is 0.417 e. The molecule has 7 nitrogen and oxygen atoms in total. The van der Waals surface area contributed by atoms with Gasteiger partial charge in [-0.15, -0.1) is 0 Å². The van der Waals surface area contributed by atoms with E-state index in [-0.39, 0.29) is 65.8 Å². The number of carbonyl (C=O) groups is 1. The first-order chi connectivity index (χ1) is 20.3. The highest BCUT2D eigenvalue weighted by atomic mass is 19.4. The van der Waals surface area contributed by atoms with Crippen molar-refractivity contribution >= 4 is 5.97 Å². The number of aliphatic hydroxyl groups is 2. The molecule has 0 aromatic heterocycles. The third-order valence-electron chi connectivity index (χ3n) is 7.86. The van der Waals surface area contributed by atoms with E-state index in [2.05, 4.69) is 0 Å². The van der Waals surface area contributed by atoms with Gasteiger partial charge in [0.15, 0.2) is 0 Å². The Balaban J connectivity index is 1.42. The van der Waals surface area contributed by atoms with Gasteiger partial charge in [0.25, 0.3) is 0 Å². The molecular formula is C32H32F4O7. The first-order valence-electron chi connectivity index (χ1n) is 13.8. The van der Waals surface area contributed by atoms with Crippen LogP contribution in [0.3, 0.4) is 0 Å². The fourth-order valence-electron chi connectivity index (χ4n) is 5.46. The van der Waals surface area contributed by atoms with Crippen LogP contribution in [0.15, 0.2) is 48.5 Å². The number of carbonyl (C=O) groups excluding carboxylic acids is 1. The Labute approximate surface area is 246 Å². The van der Waals surface area contributed by atoms with Gasteiger partial charge in [-0.1, -0.05) is 18.2 Å². The highest BCUT2D eigenvalue weighted by molar-refractivity contribution is 5.75. The van der Waals surface area contributed by atoms with Crippen LogP contribution in [0.1, 0.15) is 61.0 Å². The second-order valence-corrected chi connectivity index (χ2v) is 11.3. The molecule has 5 rings (SSSR count). The number of ether oxygens (including phenoxy) is 4. The van der Waals surface area contributed by atoms with Gasteiger partial charge in [-0.25, -0.2) is 4.39 Å². The molecule has 2 aliphatic rings. The summed E-state index contributed by atoms with van der Waals surface area (Å²) in [6.45, 7) is 2.93. The topological polar surface area (TPSA) is 94.5 Å². The summed E-state index contributed by atoms with van der Waals surface area (Å²) < 4.78 is 80.0. The molecule has 0 fully saturated rings. The van der Waals surface area contributed by atoms with E-state index in [9.17, 15) is 28.2 Å². The van der Waals surface area contributed by atoms with Crippen LogP contribution in [0, 0.1) is 5.82 Å². The Morgan fingerprint density at radius 2 is 1.79 bits per heavy atom. The van der Waals surface area contributed by atoms with Gasteiger partial charge in [0, 0.05) is 23.1 Å². The number of hydrogen-bond donors (Lipinski definition) is 2. The molecule has 230 valence electrons. The normalized spacial score (nSPS) is 18.4. The van der Waals surface area contributed by atoms with Gasteiger partial charge in [0.1, 0.15) is 41.9 Å². The lowest BCUT2D eigenvalue weighted by atomic mass is 9.91. The second-order valence-electron chi connectivity index (χ2n) is 11.3. The molecule has 1 aliphatic carbocycles. The van der Waals surface area contributed by atoms with Gasteiger partial charge in [0.05, 0.1) is 31.3 Å². The number of rotatable bonds is 9. The first kappa shape index (κ1) is 30.6. The number of hydrogen-bond acceptors (Lipinski definition) is 7. The molecule has 1 heterocycles. The van der Waals surface area contributed by atoms with Crippen LogP contribution < -0.4 is 14.2 Å². The van der Waals surface area contributed by atoms with Gasteiger partial charge < -0.3 is 29.2 Å². The molecule has 0 radical (unpaired) electrons. The number of alkyl halides is 3. The van der Waals surface area contributed by atoms with Crippen LogP contribution in [-0.2, 0) is 22.1 Å². The lowest BCUT2D eigenvalue weighted by Gasteiger charge is -2.24. The van der Waals surface area contributed by atoms with Crippen molar-refractivity contribution in [3.63, 3.8) is 0 Å². The van der Waals surface area contributed by atoms with E-state index < -0.39 is 35.4 Å². The summed E-state index contributed by atoms with van der Waals surface area (Å²) >= 11 is 0. The zero-order valence-electron chi connectivity index (χ0n) is 23.8. The Bertz CT molecular complexity index is 1500. The fraction of sp³-hybridized carbons (Fsp3) is 0.406. The number of esters is 1. The lowest BCUT2D eigenvalue weighted by molar-refractivity contribution is -0.141. The Hall–Kier alpha value is -3.83. The highest BCUT2D eigenvalue weighted by Crippen LogP contribution is 2.48. The molecule has 0 saturated heterocycles. The van der Waals surface area contributed by atoms with Crippen molar-refractivity contribution in [3.05, 3.63) is 76.6 Å². The molecule has 3 atom stereocenters. The van der Waals surface area contributed by atoms with Gasteiger partial charge in [0.2, 0.25) is 0 Å². The van der Waals surface area contributed by atoms with E-state index in [1.807, 2.05) is 0 Å². The highest BCUT2D eigenvalue weighted by Gasteiger charge is 2.40. The van der Waals surface area contributed by atoms with Crippen LogP contribution in [0.5, 0.6) is 17.2 Å². The van der Waals surface area contributed by atoms with E-state index in [0.29, 0.717) is 24.2 Å². The second kappa shape index (κ2) is 11.7. The van der Waals surface area contributed by atoms with E-state index in [1.54, 1.807) is 18.2 Å². The largest absolute Gasteiger partial charge is 0.492 e. The van der Waals surface area contributed by atoms with Crippen molar-refractivity contribution in [1.82, 2.24) is 0 Å². The van der Waals surface area contributed by atoms with Crippen LogP contribution in [0.4, 0.5) is 17.6 Å². The minimum Gasteiger partial charge on any atom is -0.492 e. The molecule has 3 aromatic rings. The van der Waals surface area contributed by atoms with Crippen LogP contribution >= 0.6 is 0 Å². The third-order valence-corrected chi connectivity index (χ3v) is 7.86. The van der Waals surface area contributed by atoms with Crippen molar-refractivity contribution in [1.29, 1.82) is 0 Å². The molecule has 1 aliphatic heterocycles. The van der Waals surface area contributed by atoms with Crippen LogP contribution in [0.25, 0.3) is 11.1 Å². The minimum atomic E-state index is -4.81. The molecule has 11 heteroatoms. The average Bonchev–Trinajstić information content (AvgIpc) is 3.55. The quantitative estimate of drug-likeness (QED) is 0.224. The van der Waals surface area contributed by atoms with Crippen molar-refractivity contribution in [2.45, 2.75) is 63.0 Å². The maximum atomic E-state index is 15.4. The summed E-state index contributed by atoms with van der Waals surface area (Å²) in [6.07, 6.45) is -6.24. The molecule has 0 bridgehead atoms. The summed E-state index contributed by atoms with van der Waals surface area (Å²) in [5.41, 5.74) is -1.27. The minimum absolute atomic E-state index is 0.0709. The van der Waals surface area contributed by atoms with Gasteiger partial charge in [-0.05, 0) is 67.6 Å². The summed E-state index contributed by atoms with van der Waals surface area (Å²) in [6, 6.07) is 11.4. The van der Waals surface area contributed by atoms with Crippen LogP contribution in [-0.4, -0.2) is 48.2 Å². The third kappa shape index (κ3) is 6.42. The van der Waals surface area contributed by atoms with Gasteiger partial charge in [-0.2, -0.15) is 13.2 Å². The number of benzene rings is 3. The zero-order chi connectivity index (χ0) is 31.1. The van der Waals surface area contributed by atoms with E-state index in [4.69, 9.17) is 18.9 Å². The predicted molar refractivity (Wildman–Crippen MR) is 148 cm³/mol. The smallest absolute Gasteiger partial charge is 0.417 e. The van der Waals surface area contributed by atoms with Crippen LogP contribution in [0.2, 0.25) is 0 Å². The molecule has 1 unspecified atom stereocenters. The summed E-state index contributed by atoms with van der Waals surface area (Å²) in [5, 5.41) is 19.9. The number of aliphatic hydroxyl groups excluding tert-OH is 1. The Morgan fingerprint density at radius 1 is 1.09 bits per heavy atom. The SMILES string of the molecule is COC(=O)CC1COc2cc(O[C@H]3CCc4c(-c5ccc(OC[C@@H](O)C(C)(C)O)cc5)c(C(F)(F)F)cc(F)c43)ccc21. The van der Waals surface area contributed by atoms with E-state index in [1.165, 1.54) is 45.2 Å². The molecule has 3 aromatic carbocycles. The number of fused-ring (bicyclic) bond motifs is 2. The Morgan fingerprint density at radius 3 is 2.44 bits per heavy atom. The fourth-order valence-corrected chi connectivity index (χ4v) is 5.46.